The maximum absolute atomic E-state index is 4.31. The van der Waals surface area contributed by atoms with Crippen molar-refractivity contribution in [2.75, 3.05) is 13.1 Å². The smallest absolute Gasteiger partial charge is 0.191 e. The maximum Gasteiger partial charge on any atom is 0.191 e. The zero-order chi connectivity index (χ0) is 10.7. The molecule has 2 rings (SSSR count). The highest BCUT2D eigenvalue weighted by Crippen LogP contribution is 2.17. The summed E-state index contributed by atoms with van der Waals surface area (Å²) in [7, 11) is 0. The van der Waals surface area contributed by atoms with Crippen LogP contribution in [0.4, 0.5) is 0 Å². The first kappa shape index (κ1) is 10.5. The van der Waals surface area contributed by atoms with Crippen LogP contribution in [0.25, 0.3) is 0 Å². The fourth-order valence-corrected chi connectivity index (χ4v) is 1.98. The standard InChI is InChI=1S/C11H14BrN3/c1-8(15-11-13-5-6-14-11)9-3-2-4-10(12)7-9/h2-4,7-8H,5-6H2,1H3,(H2,13,14,15)/t8-/m0/s1. The number of benzene rings is 1. The van der Waals surface area contributed by atoms with Crippen molar-refractivity contribution in [3.8, 4) is 0 Å². The van der Waals surface area contributed by atoms with Gasteiger partial charge in [-0.3, -0.25) is 4.99 Å². The van der Waals surface area contributed by atoms with Crippen LogP contribution in [-0.2, 0) is 0 Å². The summed E-state index contributed by atoms with van der Waals surface area (Å²) in [6.07, 6.45) is 0. The molecule has 4 heteroatoms. The molecular weight excluding hydrogens is 254 g/mol. The van der Waals surface area contributed by atoms with Gasteiger partial charge in [0, 0.05) is 11.0 Å². The van der Waals surface area contributed by atoms with Crippen molar-refractivity contribution in [2.24, 2.45) is 4.99 Å². The summed E-state index contributed by atoms with van der Waals surface area (Å²) in [5, 5.41) is 6.54. The van der Waals surface area contributed by atoms with Crippen molar-refractivity contribution >= 4 is 21.9 Å². The summed E-state index contributed by atoms with van der Waals surface area (Å²) in [5.74, 6) is 0.905. The van der Waals surface area contributed by atoms with Crippen LogP contribution >= 0.6 is 15.9 Å². The Kier molecular flexibility index (Phi) is 3.26. The van der Waals surface area contributed by atoms with E-state index in [9.17, 15) is 0 Å². The third-order valence-corrected chi connectivity index (χ3v) is 2.87. The molecule has 0 saturated heterocycles. The second kappa shape index (κ2) is 4.66. The molecular formula is C11H14BrN3. The number of rotatable bonds is 2. The number of aliphatic imine (C=N–C) groups is 1. The predicted molar refractivity (Wildman–Crippen MR) is 66.0 cm³/mol. The highest BCUT2D eigenvalue weighted by atomic mass is 79.9. The number of nitrogens with zero attached hydrogens (tertiary/aromatic N) is 1. The van der Waals surface area contributed by atoms with Gasteiger partial charge in [0.2, 0.25) is 0 Å². The minimum atomic E-state index is 0.270. The second-order valence-corrected chi connectivity index (χ2v) is 4.49. The number of hydrogen-bond donors (Lipinski definition) is 2. The molecule has 0 spiro atoms. The average Bonchev–Trinajstić information content (AvgIpc) is 2.70. The van der Waals surface area contributed by atoms with E-state index in [0.717, 1.165) is 23.5 Å². The molecule has 1 heterocycles. The number of hydrogen-bond acceptors (Lipinski definition) is 3. The Morgan fingerprint density at radius 3 is 3.07 bits per heavy atom. The van der Waals surface area contributed by atoms with Crippen molar-refractivity contribution in [3.63, 3.8) is 0 Å². The Balaban J connectivity index is 2.04. The topological polar surface area (TPSA) is 36.4 Å². The third kappa shape index (κ3) is 2.72. The minimum Gasteiger partial charge on any atom is -0.355 e. The summed E-state index contributed by atoms with van der Waals surface area (Å²) in [6.45, 7) is 3.94. The van der Waals surface area contributed by atoms with Crippen molar-refractivity contribution in [1.29, 1.82) is 0 Å². The lowest BCUT2D eigenvalue weighted by Gasteiger charge is -2.15. The third-order valence-electron chi connectivity index (χ3n) is 2.38. The van der Waals surface area contributed by atoms with Crippen LogP contribution in [0.1, 0.15) is 18.5 Å². The quantitative estimate of drug-likeness (QED) is 0.861. The van der Waals surface area contributed by atoms with Gasteiger partial charge in [0.25, 0.3) is 0 Å². The zero-order valence-corrected chi connectivity index (χ0v) is 10.2. The molecule has 1 aliphatic heterocycles. The summed E-state index contributed by atoms with van der Waals surface area (Å²) in [4.78, 5) is 4.31. The minimum absolute atomic E-state index is 0.270. The molecule has 0 radical (unpaired) electrons. The molecule has 80 valence electrons. The van der Waals surface area contributed by atoms with Gasteiger partial charge in [-0.25, -0.2) is 0 Å². The van der Waals surface area contributed by atoms with Crippen molar-refractivity contribution < 1.29 is 0 Å². The fraction of sp³-hybridized carbons (Fsp3) is 0.364. The van der Waals surface area contributed by atoms with Crippen LogP contribution in [0.3, 0.4) is 0 Å². The Labute approximate surface area is 98.1 Å². The maximum atomic E-state index is 4.31. The van der Waals surface area contributed by atoms with E-state index in [2.05, 4.69) is 50.6 Å². The predicted octanol–water partition coefficient (Wildman–Crippen LogP) is 2.06. The largest absolute Gasteiger partial charge is 0.355 e. The molecule has 1 aromatic rings. The van der Waals surface area contributed by atoms with Gasteiger partial charge in [0.15, 0.2) is 5.96 Å². The van der Waals surface area contributed by atoms with Crippen molar-refractivity contribution in [2.45, 2.75) is 13.0 Å². The summed E-state index contributed by atoms with van der Waals surface area (Å²) in [5.41, 5.74) is 1.25. The van der Waals surface area contributed by atoms with E-state index in [4.69, 9.17) is 0 Å². The molecule has 0 aliphatic carbocycles. The number of guanidine groups is 1. The highest BCUT2D eigenvalue weighted by Gasteiger charge is 2.10. The normalized spacial score (nSPS) is 16.8. The molecule has 2 N–H and O–H groups in total. The van der Waals surface area contributed by atoms with Gasteiger partial charge in [0.05, 0.1) is 12.6 Å². The van der Waals surface area contributed by atoms with E-state index >= 15 is 0 Å². The molecule has 0 saturated carbocycles. The molecule has 1 aliphatic rings. The molecule has 0 unspecified atom stereocenters. The molecule has 1 aromatic carbocycles. The highest BCUT2D eigenvalue weighted by molar-refractivity contribution is 9.10. The SMILES string of the molecule is C[C@H](NC1=NCCN1)c1cccc(Br)c1. The van der Waals surface area contributed by atoms with Crippen LogP contribution in [0.15, 0.2) is 33.7 Å². The number of halogens is 1. The first-order valence-electron chi connectivity index (χ1n) is 5.06. The van der Waals surface area contributed by atoms with Gasteiger partial charge < -0.3 is 10.6 Å². The fourth-order valence-electron chi connectivity index (χ4n) is 1.56. The van der Waals surface area contributed by atoms with Gasteiger partial charge in [-0.2, -0.15) is 0 Å². The van der Waals surface area contributed by atoms with E-state index in [1.165, 1.54) is 5.56 Å². The van der Waals surface area contributed by atoms with Gasteiger partial charge in [0.1, 0.15) is 0 Å². The first-order valence-corrected chi connectivity index (χ1v) is 5.85. The van der Waals surface area contributed by atoms with Crippen LogP contribution in [-0.4, -0.2) is 19.0 Å². The Bertz CT molecular complexity index is 376. The van der Waals surface area contributed by atoms with Gasteiger partial charge in [-0.1, -0.05) is 28.1 Å². The van der Waals surface area contributed by atoms with Gasteiger partial charge in [-0.15, -0.1) is 0 Å². The second-order valence-electron chi connectivity index (χ2n) is 3.58. The lowest BCUT2D eigenvalue weighted by atomic mass is 10.1. The summed E-state index contributed by atoms with van der Waals surface area (Å²) < 4.78 is 1.11. The average molecular weight is 268 g/mol. The van der Waals surface area contributed by atoms with Crippen LogP contribution in [0.2, 0.25) is 0 Å². The Hall–Kier alpha value is -1.03. The van der Waals surface area contributed by atoms with Crippen molar-refractivity contribution in [3.05, 3.63) is 34.3 Å². The Morgan fingerprint density at radius 2 is 2.40 bits per heavy atom. The van der Waals surface area contributed by atoms with E-state index in [-0.39, 0.29) is 6.04 Å². The molecule has 3 nitrogen and oxygen atoms in total. The summed E-state index contributed by atoms with van der Waals surface area (Å²) >= 11 is 3.47. The lowest BCUT2D eigenvalue weighted by molar-refractivity contribution is 0.702. The van der Waals surface area contributed by atoms with E-state index in [0.29, 0.717) is 0 Å². The zero-order valence-electron chi connectivity index (χ0n) is 8.63. The monoisotopic (exact) mass is 267 g/mol. The van der Waals surface area contributed by atoms with E-state index < -0.39 is 0 Å². The van der Waals surface area contributed by atoms with Crippen molar-refractivity contribution in [1.82, 2.24) is 10.6 Å². The molecule has 1 atom stereocenters. The van der Waals surface area contributed by atoms with E-state index in [1.54, 1.807) is 0 Å². The molecule has 0 aromatic heterocycles. The molecule has 15 heavy (non-hydrogen) atoms. The number of nitrogens with one attached hydrogen (secondary N) is 2. The van der Waals surface area contributed by atoms with Crippen LogP contribution in [0, 0.1) is 0 Å². The molecule has 0 fully saturated rings. The first-order chi connectivity index (χ1) is 7.25. The molecule has 0 amide bonds. The van der Waals surface area contributed by atoms with E-state index in [1.807, 2.05) is 12.1 Å². The lowest BCUT2D eigenvalue weighted by Crippen LogP contribution is -2.35. The van der Waals surface area contributed by atoms with Crippen LogP contribution < -0.4 is 10.6 Å². The Morgan fingerprint density at radius 1 is 1.53 bits per heavy atom. The summed E-state index contributed by atoms with van der Waals surface area (Å²) in [6, 6.07) is 8.57. The molecule has 0 bridgehead atoms. The van der Waals surface area contributed by atoms with Crippen LogP contribution in [0.5, 0.6) is 0 Å². The van der Waals surface area contributed by atoms with Gasteiger partial charge >= 0.3 is 0 Å². The van der Waals surface area contributed by atoms with Gasteiger partial charge in [-0.05, 0) is 24.6 Å².